The smallest absolute Gasteiger partial charge is 0.246 e. The molecule has 1 heterocycles. The standard InChI is InChI=1S/C15H25N3O3/c1-10(19)17-13(11-6-3-2-4-7-11)15(21)18-9-5-8-12(18)14(16)20/h11-13H,2-9H2,1H3,(H2,16,20)(H,17,19)/t12-,13-/m0/s1. The molecule has 0 aromatic rings. The van der Waals surface area contributed by atoms with Crippen molar-refractivity contribution in [3.05, 3.63) is 0 Å². The Morgan fingerprint density at radius 2 is 1.76 bits per heavy atom. The largest absolute Gasteiger partial charge is 0.368 e. The predicted octanol–water partition coefficient (Wildman–Crippen LogP) is 0.548. The maximum absolute atomic E-state index is 12.8. The van der Waals surface area contributed by atoms with Crippen molar-refractivity contribution in [3.8, 4) is 0 Å². The summed E-state index contributed by atoms with van der Waals surface area (Å²) in [6.07, 6.45) is 6.68. The van der Waals surface area contributed by atoms with Gasteiger partial charge in [0.1, 0.15) is 12.1 Å². The highest BCUT2D eigenvalue weighted by molar-refractivity contribution is 5.92. The molecular formula is C15H25N3O3. The Kier molecular flexibility index (Phi) is 5.20. The van der Waals surface area contributed by atoms with Crippen LogP contribution in [0.1, 0.15) is 51.9 Å². The Morgan fingerprint density at radius 1 is 1.10 bits per heavy atom. The van der Waals surface area contributed by atoms with E-state index < -0.39 is 18.0 Å². The lowest BCUT2D eigenvalue weighted by Gasteiger charge is -2.34. The summed E-state index contributed by atoms with van der Waals surface area (Å²) in [6.45, 7) is 1.98. The average Bonchev–Trinajstić information content (AvgIpc) is 2.94. The van der Waals surface area contributed by atoms with Crippen molar-refractivity contribution in [2.75, 3.05) is 6.54 Å². The van der Waals surface area contributed by atoms with E-state index >= 15 is 0 Å². The van der Waals surface area contributed by atoms with Crippen molar-refractivity contribution in [3.63, 3.8) is 0 Å². The molecule has 2 fully saturated rings. The van der Waals surface area contributed by atoms with E-state index in [9.17, 15) is 14.4 Å². The van der Waals surface area contributed by atoms with Crippen molar-refractivity contribution in [2.45, 2.75) is 64.0 Å². The van der Waals surface area contributed by atoms with Gasteiger partial charge in [0.05, 0.1) is 0 Å². The van der Waals surface area contributed by atoms with Crippen LogP contribution >= 0.6 is 0 Å². The third-order valence-electron chi connectivity index (χ3n) is 4.61. The lowest BCUT2D eigenvalue weighted by atomic mass is 9.83. The topological polar surface area (TPSA) is 92.5 Å². The number of hydrogen-bond acceptors (Lipinski definition) is 3. The molecule has 0 aromatic heterocycles. The van der Waals surface area contributed by atoms with Crippen molar-refractivity contribution in [1.29, 1.82) is 0 Å². The van der Waals surface area contributed by atoms with E-state index in [0.29, 0.717) is 13.0 Å². The van der Waals surface area contributed by atoms with Crippen LogP contribution in [-0.4, -0.2) is 41.2 Å². The Morgan fingerprint density at radius 3 is 2.33 bits per heavy atom. The SMILES string of the molecule is CC(=O)N[C@H](C(=O)N1CCC[C@H]1C(N)=O)C1CCCCC1. The van der Waals surface area contributed by atoms with Gasteiger partial charge >= 0.3 is 0 Å². The molecule has 21 heavy (non-hydrogen) atoms. The molecular weight excluding hydrogens is 270 g/mol. The molecule has 6 heteroatoms. The molecule has 3 amide bonds. The molecule has 3 N–H and O–H groups in total. The summed E-state index contributed by atoms with van der Waals surface area (Å²) in [6, 6.07) is -1.03. The number of nitrogens with zero attached hydrogens (tertiary/aromatic N) is 1. The zero-order valence-electron chi connectivity index (χ0n) is 12.6. The Bertz CT molecular complexity index is 418. The predicted molar refractivity (Wildman–Crippen MR) is 78.1 cm³/mol. The number of nitrogens with one attached hydrogen (secondary N) is 1. The number of primary amides is 1. The van der Waals surface area contributed by atoms with Crippen LogP contribution < -0.4 is 11.1 Å². The number of likely N-dealkylation sites (tertiary alicyclic amines) is 1. The first-order valence-electron chi connectivity index (χ1n) is 7.87. The van der Waals surface area contributed by atoms with Gasteiger partial charge in [-0.1, -0.05) is 19.3 Å². The minimum absolute atomic E-state index is 0.140. The molecule has 0 unspecified atom stereocenters. The molecule has 2 rings (SSSR count). The van der Waals surface area contributed by atoms with Crippen molar-refractivity contribution in [1.82, 2.24) is 10.2 Å². The summed E-state index contributed by atoms with van der Waals surface area (Å²) >= 11 is 0. The molecule has 2 atom stereocenters. The van der Waals surface area contributed by atoms with Crippen LogP contribution in [0.15, 0.2) is 0 Å². The van der Waals surface area contributed by atoms with Gasteiger partial charge in [-0.3, -0.25) is 14.4 Å². The summed E-state index contributed by atoms with van der Waals surface area (Å²) in [4.78, 5) is 37.3. The Balaban J connectivity index is 2.12. The molecule has 0 radical (unpaired) electrons. The van der Waals surface area contributed by atoms with Crippen molar-refractivity contribution in [2.24, 2.45) is 11.7 Å². The summed E-state index contributed by atoms with van der Waals surface area (Å²) < 4.78 is 0. The van der Waals surface area contributed by atoms with Crippen LogP contribution in [0, 0.1) is 5.92 Å². The highest BCUT2D eigenvalue weighted by Crippen LogP contribution is 2.29. The maximum Gasteiger partial charge on any atom is 0.246 e. The fourth-order valence-electron chi connectivity index (χ4n) is 3.57. The minimum atomic E-state index is -0.516. The van der Waals surface area contributed by atoms with Gasteiger partial charge < -0.3 is 16.0 Å². The Hall–Kier alpha value is -1.59. The van der Waals surface area contributed by atoms with E-state index in [-0.39, 0.29) is 17.7 Å². The van der Waals surface area contributed by atoms with E-state index in [0.717, 1.165) is 32.1 Å². The fourth-order valence-corrected chi connectivity index (χ4v) is 3.57. The monoisotopic (exact) mass is 295 g/mol. The molecule has 0 bridgehead atoms. The molecule has 2 aliphatic rings. The zero-order chi connectivity index (χ0) is 15.4. The highest BCUT2D eigenvalue weighted by Gasteiger charge is 2.39. The van der Waals surface area contributed by atoms with Crippen LogP contribution in [0.25, 0.3) is 0 Å². The molecule has 1 saturated carbocycles. The third kappa shape index (κ3) is 3.74. The summed E-state index contributed by atoms with van der Waals surface area (Å²) in [5.74, 6) is -0.623. The van der Waals surface area contributed by atoms with E-state index in [1.807, 2.05) is 0 Å². The molecule has 0 spiro atoms. The van der Waals surface area contributed by atoms with E-state index in [2.05, 4.69) is 5.32 Å². The van der Waals surface area contributed by atoms with E-state index in [1.165, 1.54) is 13.3 Å². The fraction of sp³-hybridized carbons (Fsp3) is 0.800. The third-order valence-corrected chi connectivity index (χ3v) is 4.61. The molecule has 1 aliphatic heterocycles. The molecule has 1 aliphatic carbocycles. The number of amides is 3. The summed E-state index contributed by atoms with van der Waals surface area (Å²) in [5, 5.41) is 2.80. The Labute approximate surface area is 125 Å². The van der Waals surface area contributed by atoms with Gasteiger partial charge in [-0.15, -0.1) is 0 Å². The van der Waals surface area contributed by atoms with Gasteiger partial charge in [0.2, 0.25) is 17.7 Å². The second-order valence-electron chi connectivity index (χ2n) is 6.17. The lowest BCUT2D eigenvalue weighted by molar-refractivity contribution is -0.142. The molecule has 6 nitrogen and oxygen atoms in total. The van der Waals surface area contributed by atoms with Crippen LogP contribution in [0.4, 0.5) is 0 Å². The van der Waals surface area contributed by atoms with Gasteiger partial charge in [-0.2, -0.15) is 0 Å². The van der Waals surface area contributed by atoms with Crippen LogP contribution in [0.5, 0.6) is 0 Å². The highest BCUT2D eigenvalue weighted by atomic mass is 16.2. The first kappa shape index (κ1) is 15.8. The van der Waals surface area contributed by atoms with Gasteiger partial charge in [-0.25, -0.2) is 0 Å². The van der Waals surface area contributed by atoms with Gasteiger partial charge in [-0.05, 0) is 31.6 Å². The first-order valence-corrected chi connectivity index (χ1v) is 7.87. The van der Waals surface area contributed by atoms with Crippen LogP contribution in [0.2, 0.25) is 0 Å². The maximum atomic E-state index is 12.8. The molecule has 118 valence electrons. The number of carbonyl (C=O) groups excluding carboxylic acids is 3. The van der Waals surface area contributed by atoms with Gasteiger partial charge in [0.15, 0.2) is 0 Å². The zero-order valence-corrected chi connectivity index (χ0v) is 12.6. The number of rotatable bonds is 4. The first-order chi connectivity index (χ1) is 10.0. The van der Waals surface area contributed by atoms with E-state index in [4.69, 9.17) is 5.73 Å². The number of hydrogen-bond donors (Lipinski definition) is 2. The summed E-state index contributed by atoms with van der Waals surface area (Å²) in [5.41, 5.74) is 5.39. The van der Waals surface area contributed by atoms with Crippen molar-refractivity contribution >= 4 is 17.7 Å². The second-order valence-corrected chi connectivity index (χ2v) is 6.17. The lowest BCUT2D eigenvalue weighted by Crippen LogP contribution is -2.55. The minimum Gasteiger partial charge on any atom is -0.368 e. The number of carbonyl (C=O) groups is 3. The van der Waals surface area contributed by atoms with Crippen molar-refractivity contribution < 1.29 is 14.4 Å². The summed E-state index contributed by atoms with van der Waals surface area (Å²) in [7, 11) is 0. The molecule has 1 saturated heterocycles. The quantitative estimate of drug-likeness (QED) is 0.793. The van der Waals surface area contributed by atoms with Gasteiger partial charge in [0, 0.05) is 13.5 Å². The molecule has 0 aromatic carbocycles. The van der Waals surface area contributed by atoms with E-state index in [1.54, 1.807) is 4.90 Å². The van der Waals surface area contributed by atoms with Gasteiger partial charge in [0.25, 0.3) is 0 Å². The average molecular weight is 295 g/mol. The second kappa shape index (κ2) is 6.91. The van der Waals surface area contributed by atoms with Crippen LogP contribution in [-0.2, 0) is 14.4 Å². The number of nitrogens with two attached hydrogens (primary N) is 1. The van der Waals surface area contributed by atoms with Crippen LogP contribution in [0.3, 0.4) is 0 Å². The normalized spacial score (nSPS) is 24.6.